The molecule has 144 valence electrons. The molecule has 0 radical (unpaired) electrons. The van der Waals surface area contributed by atoms with Crippen molar-refractivity contribution in [3.63, 3.8) is 0 Å². The largest absolute Gasteiger partial charge is 0.573 e. The predicted octanol–water partition coefficient (Wildman–Crippen LogP) is 3.68. The number of halogens is 3. The lowest BCUT2D eigenvalue weighted by molar-refractivity contribution is -0.274. The Labute approximate surface area is 158 Å². The second-order valence-corrected chi connectivity index (χ2v) is 6.06. The van der Waals surface area contributed by atoms with E-state index in [2.05, 4.69) is 21.1 Å². The van der Waals surface area contributed by atoms with Crippen molar-refractivity contribution in [2.45, 2.75) is 25.9 Å². The van der Waals surface area contributed by atoms with Crippen molar-refractivity contribution in [3.05, 3.63) is 59.9 Å². The van der Waals surface area contributed by atoms with Crippen LogP contribution in [0.1, 0.15) is 24.1 Å². The zero-order chi connectivity index (χ0) is 20.3. The number of nitrogens with one attached hydrogen (secondary N) is 1. The number of ether oxygens (including phenoxy) is 1. The van der Waals surface area contributed by atoms with E-state index in [9.17, 15) is 23.2 Å². The maximum atomic E-state index is 12.4. The molecule has 1 heterocycles. The molecule has 0 saturated heterocycles. The smallest absolute Gasteiger partial charge is 0.406 e. The molecule has 1 aromatic heterocycles. The van der Waals surface area contributed by atoms with E-state index in [1.54, 1.807) is 29.7 Å². The van der Waals surface area contributed by atoms with Gasteiger partial charge >= 0.3 is 6.36 Å². The summed E-state index contributed by atoms with van der Waals surface area (Å²) in [6.45, 7) is 1.67. The second kappa shape index (κ2) is 7.60. The third-order valence-electron chi connectivity index (χ3n) is 4.06. The van der Waals surface area contributed by atoms with Gasteiger partial charge in [-0.25, -0.2) is 4.98 Å². The summed E-state index contributed by atoms with van der Waals surface area (Å²) in [5, 5.41) is 12.0. The van der Waals surface area contributed by atoms with E-state index >= 15 is 0 Å². The number of carbonyl (C=O) groups excluding carboxylic acids is 1. The summed E-state index contributed by atoms with van der Waals surface area (Å²) in [5.41, 5.74) is 2.22. The normalized spacial score (nSPS) is 12.4. The highest BCUT2D eigenvalue weighted by Crippen LogP contribution is 2.24. The molecule has 0 aliphatic rings. The van der Waals surface area contributed by atoms with Crippen LogP contribution in [-0.2, 0) is 11.3 Å². The van der Waals surface area contributed by atoms with Gasteiger partial charge in [-0.3, -0.25) is 4.79 Å². The van der Waals surface area contributed by atoms with Gasteiger partial charge in [0, 0.05) is 0 Å². The first kappa shape index (κ1) is 19.2. The molecule has 3 aromatic rings. The molecule has 0 bridgehead atoms. The van der Waals surface area contributed by atoms with Gasteiger partial charge in [0.1, 0.15) is 18.4 Å². The maximum absolute atomic E-state index is 12.4. The number of para-hydroxylation sites is 1. The van der Waals surface area contributed by atoms with Gasteiger partial charge in [-0.2, -0.15) is 5.26 Å². The van der Waals surface area contributed by atoms with Crippen molar-refractivity contribution in [1.29, 1.82) is 5.26 Å². The maximum Gasteiger partial charge on any atom is 0.573 e. The second-order valence-electron chi connectivity index (χ2n) is 6.06. The fourth-order valence-electron chi connectivity index (χ4n) is 2.82. The van der Waals surface area contributed by atoms with E-state index in [0.717, 1.165) is 0 Å². The van der Waals surface area contributed by atoms with Gasteiger partial charge < -0.3 is 14.6 Å². The van der Waals surface area contributed by atoms with Gasteiger partial charge in [-0.05, 0) is 36.8 Å². The summed E-state index contributed by atoms with van der Waals surface area (Å²) in [5.74, 6) is -0.654. The molecule has 1 unspecified atom stereocenters. The average Bonchev–Trinajstić information content (AvgIpc) is 3.03. The highest BCUT2D eigenvalue weighted by atomic mass is 19.4. The number of rotatable bonds is 5. The first-order chi connectivity index (χ1) is 13.3. The lowest BCUT2D eigenvalue weighted by atomic mass is 10.1. The Morgan fingerprint density at radius 3 is 2.64 bits per heavy atom. The van der Waals surface area contributed by atoms with E-state index < -0.39 is 12.4 Å². The first-order valence-electron chi connectivity index (χ1n) is 8.26. The van der Waals surface area contributed by atoms with E-state index in [-0.39, 0.29) is 18.2 Å². The number of fused-ring (bicyclic) bond motifs is 1. The topological polar surface area (TPSA) is 79.9 Å². The average molecular weight is 388 g/mol. The molecular formula is C19H15F3N4O2. The third kappa shape index (κ3) is 4.40. The number of hydrogen-bond donors (Lipinski definition) is 1. The number of amides is 1. The van der Waals surface area contributed by atoms with E-state index in [0.29, 0.717) is 22.2 Å². The van der Waals surface area contributed by atoms with Crippen LogP contribution in [0.15, 0.2) is 48.8 Å². The van der Waals surface area contributed by atoms with E-state index in [1.807, 2.05) is 0 Å². The van der Waals surface area contributed by atoms with Gasteiger partial charge in [-0.15, -0.1) is 13.2 Å². The quantitative estimate of drug-likeness (QED) is 0.723. The lowest BCUT2D eigenvalue weighted by Gasteiger charge is -2.16. The van der Waals surface area contributed by atoms with Gasteiger partial charge in [0.25, 0.3) is 0 Å². The Balaban J connectivity index is 1.68. The zero-order valence-electron chi connectivity index (χ0n) is 14.7. The van der Waals surface area contributed by atoms with Crippen molar-refractivity contribution in [1.82, 2.24) is 14.9 Å². The van der Waals surface area contributed by atoms with Gasteiger partial charge in [-0.1, -0.05) is 18.2 Å². The van der Waals surface area contributed by atoms with Crippen molar-refractivity contribution in [2.75, 3.05) is 0 Å². The fraction of sp³-hybridized carbons (Fsp3) is 0.211. The molecule has 9 heteroatoms. The summed E-state index contributed by atoms with van der Waals surface area (Å²) in [6, 6.07) is 12.0. The van der Waals surface area contributed by atoms with Crippen molar-refractivity contribution < 1.29 is 22.7 Å². The zero-order valence-corrected chi connectivity index (χ0v) is 14.7. The molecule has 0 fully saturated rings. The molecule has 0 saturated carbocycles. The highest BCUT2D eigenvalue weighted by Gasteiger charge is 2.31. The van der Waals surface area contributed by atoms with Crippen LogP contribution in [0.3, 0.4) is 0 Å². The van der Waals surface area contributed by atoms with Crippen LogP contribution in [-0.4, -0.2) is 21.8 Å². The minimum Gasteiger partial charge on any atom is -0.406 e. The van der Waals surface area contributed by atoms with Crippen molar-refractivity contribution >= 4 is 16.9 Å². The van der Waals surface area contributed by atoms with Crippen molar-refractivity contribution in [3.8, 4) is 11.8 Å². The summed E-state index contributed by atoms with van der Waals surface area (Å²) < 4.78 is 42.0. The number of nitrogens with zero attached hydrogens (tertiary/aromatic N) is 3. The number of imidazole rings is 1. The van der Waals surface area contributed by atoms with Crippen LogP contribution >= 0.6 is 0 Å². The number of carbonyl (C=O) groups is 1. The Morgan fingerprint density at radius 2 is 2.00 bits per heavy atom. The summed E-state index contributed by atoms with van der Waals surface area (Å²) >= 11 is 0. The molecular weight excluding hydrogens is 373 g/mol. The molecule has 6 nitrogen and oxygen atoms in total. The SMILES string of the molecule is CC(NC(=O)Cn1cnc2cccc(C#N)c21)c1ccc(OC(F)(F)F)cc1. The van der Waals surface area contributed by atoms with Gasteiger partial charge in [0.2, 0.25) is 5.91 Å². The molecule has 0 aliphatic carbocycles. The molecule has 1 N–H and O–H groups in total. The van der Waals surface area contributed by atoms with Crippen LogP contribution in [0.2, 0.25) is 0 Å². The van der Waals surface area contributed by atoms with Crippen LogP contribution in [0.4, 0.5) is 13.2 Å². The van der Waals surface area contributed by atoms with Crippen LogP contribution in [0.25, 0.3) is 11.0 Å². The molecule has 2 aromatic carbocycles. The Morgan fingerprint density at radius 1 is 1.29 bits per heavy atom. The molecule has 1 atom stereocenters. The predicted molar refractivity (Wildman–Crippen MR) is 94.1 cm³/mol. The number of aromatic nitrogens is 2. The minimum absolute atomic E-state index is 0.0468. The number of alkyl halides is 3. The summed E-state index contributed by atoms with van der Waals surface area (Å²) in [6.07, 6.45) is -3.27. The summed E-state index contributed by atoms with van der Waals surface area (Å²) in [4.78, 5) is 16.6. The monoisotopic (exact) mass is 388 g/mol. The number of benzene rings is 2. The third-order valence-corrected chi connectivity index (χ3v) is 4.06. The van der Waals surface area contributed by atoms with E-state index in [1.165, 1.54) is 30.6 Å². The van der Waals surface area contributed by atoms with E-state index in [4.69, 9.17) is 0 Å². The van der Waals surface area contributed by atoms with Gasteiger partial charge in [0.05, 0.1) is 29.0 Å². The van der Waals surface area contributed by atoms with Crippen LogP contribution in [0.5, 0.6) is 5.75 Å². The minimum atomic E-state index is -4.75. The molecule has 0 aliphatic heterocycles. The Kier molecular flexibility index (Phi) is 5.22. The standard InChI is InChI=1S/C19H15F3N4O2/c1-12(13-5-7-15(8-6-13)28-19(20,21)22)25-17(27)10-26-11-24-16-4-2-3-14(9-23)18(16)26/h2-8,11-12H,10H2,1H3,(H,25,27). The Hall–Kier alpha value is -3.54. The van der Waals surface area contributed by atoms with Crippen molar-refractivity contribution in [2.24, 2.45) is 0 Å². The van der Waals surface area contributed by atoms with Crippen LogP contribution < -0.4 is 10.1 Å². The Bertz CT molecular complexity index is 1040. The molecule has 0 spiro atoms. The van der Waals surface area contributed by atoms with Crippen LogP contribution in [0, 0.1) is 11.3 Å². The highest BCUT2D eigenvalue weighted by molar-refractivity contribution is 5.84. The fourth-order valence-corrected chi connectivity index (χ4v) is 2.82. The molecule has 1 amide bonds. The molecule has 28 heavy (non-hydrogen) atoms. The molecule has 3 rings (SSSR count). The number of nitriles is 1. The first-order valence-corrected chi connectivity index (χ1v) is 8.26. The summed E-state index contributed by atoms with van der Waals surface area (Å²) in [7, 11) is 0. The van der Waals surface area contributed by atoms with Gasteiger partial charge in [0.15, 0.2) is 0 Å². The lowest BCUT2D eigenvalue weighted by Crippen LogP contribution is -2.30. The number of hydrogen-bond acceptors (Lipinski definition) is 4.